The summed E-state index contributed by atoms with van der Waals surface area (Å²) in [6.45, 7) is 5.17. The molecule has 0 spiro atoms. The van der Waals surface area contributed by atoms with Gasteiger partial charge in [0.1, 0.15) is 11.5 Å². The monoisotopic (exact) mass is 472 g/mol. The number of fused-ring (bicyclic) bond motifs is 2. The summed E-state index contributed by atoms with van der Waals surface area (Å²) >= 11 is 0. The van der Waals surface area contributed by atoms with E-state index in [1.54, 1.807) is 16.8 Å². The molecule has 2 aromatic heterocycles. The van der Waals surface area contributed by atoms with Crippen molar-refractivity contribution in [3.8, 4) is 22.4 Å². The summed E-state index contributed by atoms with van der Waals surface area (Å²) in [4.78, 5) is 7.17. The van der Waals surface area contributed by atoms with Crippen molar-refractivity contribution in [3.05, 3.63) is 60.2 Å². The van der Waals surface area contributed by atoms with Gasteiger partial charge < -0.3 is 20.7 Å². The molecule has 0 unspecified atom stereocenters. The van der Waals surface area contributed by atoms with Crippen molar-refractivity contribution in [2.45, 2.75) is 25.5 Å². The van der Waals surface area contributed by atoms with Gasteiger partial charge in [-0.25, -0.2) is 4.39 Å². The number of hydrogen-bond acceptors (Lipinski definition) is 6. The molecule has 4 aromatic rings. The Balaban J connectivity index is 1.55. The lowest BCUT2D eigenvalue weighted by Gasteiger charge is -2.43. The van der Waals surface area contributed by atoms with E-state index in [9.17, 15) is 4.39 Å². The quantitative estimate of drug-likeness (QED) is 0.471. The highest BCUT2D eigenvalue weighted by Gasteiger charge is 2.33. The number of morpholine rings is 1. The van der Waals surface area contributed by atoms with Crippen LogP contribution < -0.4 is 16.0 Å². The molecular weight excluding hydrogens is 443 g/mol. The van der Waals surface area contributed by atoms with Crippen molar-refractivity contribution in [2.75, 3.05) is 36.9 Å². The van der Waals surface area contributed by atoms with Gasteiger partial charge in [-0.3, -0.25) is 9.67 Å². The van der Waals surface area contributed by atoms with E-state index in [4.69, 9.17) is 15.5 Å². The van der Waals surface area contributed by atoms with Gasteiger partial charge in [-0.1, -0.05) is 12.1 Å². The largest absolute Gasteiger partial charge is 0.396 e. The number of nitrogens with one attached hydrogen (secondary N) is 1. The van der Waals surface area contributed by atoms with Crippen LogP contribution in [0.5, 0.6) is 0 Å². The molecule has 0 bridgehead atoms. The van der Waals surface area contributed by atoms with Crippen LogP contribution in [0.1, 0.15) is 12.0 Å². The minimum atomic E-state index is -0.248. The summed E-state index contributed by atoms with van der Waals surface area (Å²) in [5.41, 5.74) is 13.1. The fourth-order valence-electron chi connectivity index (χ4n) is 5.48. The van der Waals surface area contributed by atoms with E-state index in [1.807, 2.05) is 44.6 Å². The van der Waals surface area contributed by atoms with E-state index in [2.05, 4.69) is 21.4 Å². The zero-order valence-corrected chi connectivity index (χ0v) is 20.0. The summed E-state index contributed by atoms with van der Waals surface area (Å²) in [7, 11) is 1.86. The molecule has 2 aliphatic heterocycles. The Morgan fingerprint density at radius 2 is 2.06 bits per heavy atom. The molecular formula is C27H29FN6O. The van der Waals surface area contributed by atoms with Crippen molar-refractivity contribution in [3.63, 3.8) is 0 Å². The first-order valence-electron chi connectivity index (χ1n) is 12.1. The normalized spacial score (nSPS) is 20.3. The minimum Gasteiger partial charge on any atom is -0.396 e. The average Bonchev–Trinajstić information content (AvgIpc) is 3.19. The van der Waals surface area contributed by atoms with Crippen molar-refractivity contribution in [1.82, 2.24) is 20.1 Å². The number of halogens is 1. The van der Waals surface area contributed by atoms with Gasteiger partial charge in [0.05, 0.1) is 35.6 Å². The lowest BCUT2D eigenvalue weighted by Crippen LogP contribution is -2.58. The Hall–Kier alpha value is -3.49. The number of ether oxygens (including phenoxy) is 1. The molecule has 35 heavy (non-hydrogen) atoms. The molecule has 2 atom stereocenters. The van der Waals surface area contributed by atoms with E-state index in [0.29, 0.717) is 5.69 Å². The summed E-state index contributed by atoms with van der Waals surface area (Å²) in [5.74, 6) is -0.248. The topological polar surface area (TPSA) is 81.2 Å². The summed E-state index contributed by atoms with van der Waals surface area (Å²) < 4.78 is 22.2. The highest BCUT2D eigenvalue weighted by molar-refractivity contribution is 6.02. The molecule has 2 aromatic carbocycles. The average molecular weight is 473 g/mol. The predicted molar refractivity (Wildman–Crippen MR) is 137 cm³/mol. The van der Waals surface area contributed by atoms with Gasteiger partial charge in [0, 0.05) is 55.6 Å². The van der Waals surface area contributed by atoms with Crippen molar-refractivity contribution in [2.24, 2.45) is 7.05 Å². The molecule has 8 heteroatoms. The number of nitrogens with zero attached hydrogens (tertiary/aromatic N) is 4. The first kappa shape index (κ1) is 22.0. The number of nitrogens with two attached hydrogens (primary N) is 1. The highest BCUT2D eigenvalue weighted by Crippen LogP contribution is 2.40. The van der Waals surface area contributed by atoms with Crippen LogP contribution in [0, 0.1) is 12.7 Å². The molecule has 6 rings (SSSR count). The van der Waals surface area contributed by atoms with Crippen LogP contribution in [0.3, 0.4) is 0 Å². The minimum absolute atomic E-state index is 0.219. The SMILES string of the molecule is Cc1cc(F)cc(-c2cnc3ccc(-c4nn(C)cc4N)cc3c2N2CC[C@H]3OCCN[C@@H]3C2)c1. The Bertz CT molecular complexity index is 1400. The molecule has 2 saturated heterocycles. The van der Waals surface area contributed by atoms with Gasteiger partial charge in [-0.05, 0) is 48.7 Å². The maximum Gasteiger partial charge on any atom is 0.124 e. The fraction of sp³-hybridized carbons (Fsp3) is 0.333. The molecule has 0 saturated carbocycles. The van der Waals surface area contributed by atoms with Gasteiger partial charge in [0.2, 0.25) is 0 Å². The third-order valence-corrected chi connectivity index (χ3v) is 7.03. The summed E-state index contributed by atoms with van der Waals surface area (Å²) in [6.07, 6.45) is 4.83. The maximum atomic E-state index is 14.5. The van der Waals surface area contributed by atoms with Crippen LogP contribution in [0.4, 0.5) is 15.8 Å². The van der Waals surface area contributed by atoms with Gasteiger partial charge in [0.25, 0.3) is 0 Å². The van der Waals surface area contributed by atoms with Gasteiger partial charge in [0.15, 0.2) is 0 Å². The van der Waals surface area contributed by atoms with Crippen LogP contribution in [-0.2, 0) is 11.8 Å². The molecule has 7 nitrogen and oxygen atoms in total. The van der Waals surface area contributed by atoms with E-state index in [1.165, 1.54) is 0 Å². The third-order valence-electron chi connectivity index (χ3n) is 7.03. The number of aryl methyl sites for hydroxylation is 2. The first-order chi connectivity index (χ1) is 17.0. The number of piperidine rings is 1. The number of rotatable bonds is 3. The number of aromatic nitrogens is 3. The van der Waals surface area contributed by atoms with E-state index in [0.717, 1.165) is 77.2 Å². The molecule has 0 amide bonds. The maximum absolute atomic E-state index is 14.5. The standard InChI is InChI=1S/C27H29FN6O/c1-16-9-18(11-19(28)10-16)21-13-31-23-4-3-17(26-22(29)14-33(2)32-26)12-20(23)27(21)34-7-5-25-24(15-34)30-6-8-35-25/h3-4,9-14,24-25,30H,5-8,15,29H2,1-2H3/t24-,25-/m1/s1. The van der Waals surface area contributed by atoms with Crippen LogP contribution in [0.25, 0.3) is 33.3 Å². The summed E-state index contributed by atoms with van der Waals surface area (Å²) in [5, 5.41) is 9.19. The number of pyridine rings is 1. The molecule has 2 fully saturated rings. The zero-order chi connectivity index (χ0) is 24.1. The van der Waals surface area contributed by atoms with Crippen LogP contribution in [0.15, 0.2) is 48.8 Å². The lowest BCUT2D eigenvalue weighted by atomic mass is 9.95. The second kappa shape index (κ2) is 8.62. The number of benzene rings is 2. The molecule has 2 aliphatic rings. The summed E-state index contributed by atoms with van der Waals surface area (Å²) in [6, 6.07) is 11.5. The second-order valence-corrected chi connectivity index (χ2v) is 9.58. The second-order valence-electron chi connectivity index (χ2n) is 9.58. The van der Waals surface area contributed by atoms with Gasteiger partial charge in [-0.2, -0.15) is 5.10 Å². The van der Waals surface area contributed by atoms with Gasteiger partial charge in [-0.15, -0.1) is 0 Å². The van der Waals surface area contributed by atoms with Crippen molar-refractivity contribution >= 4 is 22.3 Å². The number of nitrogen functional groups attached to an aromatic ring is 1. The van der Waals surface area contributed by atoms with Gasteiger partial charge >= 0.3 is 0 Å². The Morgan fingerprint density at radius 3 is 2.86 bits per heavy atom. The zero-order valence-electron chi connectivity index (χ0n) is 20.0. The fourth-order valence-corrected chi connectivity index (χ4v) is 5.48. The molecule has 180 valence electrons. The number of anilines is 2. The van der Waals surface area contributed by atoms with E-state index in [-0.39, 0.29) is 18.0 Å². The van der Waals surface area contributed by atoms with Crippen LogP contribution >= 0.6 is 0 Å². The van der Waals surface area contributed by atoms with E-state index >= 15 is 0 Å². The molecule has 4 heterocycles. The third kappa shape index (κ3) is 4.02. The molecule has 0 aliphatic carbocycles. The predicted octanol–water partition coefficient (Wildman–Crippen LogP) is 3.90. The Morgan fingerprint density at radius 1 is 1.17 bits per heavy atom. The Labute approximate surface area is 203 Å². The van der Waals surface area contributed by atoms with Crippen molar-refractivity contribution in [1.29, 1.82) is 0 Å². The van der Waals surface area contributed by atoms with Crippen molar-refractivity contribution < 1.29 is 9.13 Å². The molecule has 3 N–H and O–H groups in total. The highest BCUT2D eigenvalue weighted by atomic mass is 19.1. The first-order valence-corrected chi connectivity index (χ1v) is 12.1. The lowest BCUT2D eigenvalue weighted by molar-refractivity contribution is -0.0134. The van der Waals surface area contributed by atoms with Crippen LogP contribution in [0.2, 0.25) is 0 Å². The van der Waals surface area contributed by atoms with E-state index < -0.39 is 0 Å². The van der Waals surface area contributed by atoms with Crippen LogP contribution in [-0.4, -0.2) is 53.2 Å². The molecule has 0 radical (unpaired) electrons. The smallest absolute Gasteiger partial charge is 0.124 e. The number of hydrogen-bond donors (Lipinski definition) is 2. The Kier molecular flexibility index (Phi) is 5.42.